The van der Waals surface area contributed by atoms with Crippen molar-refractivity contribution in [3.8, 4) is 0 Å². The average molecular weight is 347 g/mol. The quantitative estimate of drug-likeness (QED) is 0.906. The number of aromatic nitrogens is 1. The number of hydrogen-bond donors (Lipinski definition) is 1. The van der Waals surface area contributed by atoms with Crippen LogP contribution < -0.4 is 5.32 Å². The number of carbonyl (C=O) groups excluding carboxylic acids is 2. The highest BCUT2D eigenvalue weighted by atomic mass is 79.9. The van der Waals surface area contributed by atoms with Crippen LogP contribution in [0.3, 0.4) is 0 Å². The molecule has 1 aromatic carbocycles. The lowest BCUT2D eigenvalue weighted by Gasteiger charge is -2.18. The number of benzene rings is 1. The topological polar surface area (TPSA) is 59.1 Å². The predicted octanol–water partition coefficient (Wildman–Crippen LogP) is 3.32. The molecule has 0 aliphatic heterocycles. The second-order valence-corrected chi connectivity index (χ2v) is 5.17. The molecule has 104 valence electrons. The lowest BCUT2D eigenvalue weighted by molar-refractivity contribution is 0.0979. The maximum absolute atomic E-state index is 12.9. The molecule has 0 radical (unpaired) electrons. The number of carbonyl (C=O) groups is 2. The number of anilines is 1. The van der Waals surface area contributed by atoms with Crippen LogP contribution in [0.2, 0.25) is 0 Å². The Bertz CT molecular complexity index is 785. The summed E-state index contributed by atoms with van der Waals surface area (Å²) in [6.07, 6.45) is 1.46. The lowest BCUT2D eigenvalue weighted by Crippen LogP contribution is -2.25. The number of halogens is 2. The Morgan fingerprint density at radius 1 is 1.05 bits per heavy atom. The molecule has 1 aliphatic carbocycles. The molecule has 0 saturated carbocycles. The van der Waals surface area contributed by atoms with Crippen molar-refractivity contribution in [1.29, 1.82) is 0 Å². The van der Waals surface area contributed by atoms with Gasteiger partial charge in [0, 0.05) is 11.9 Å². The van der Waals surface area contributed by atoms with Crippen LogP contribution >= 0.6 is 15.9 Å². The van der Waals surface area contributed by atoms with E-state index >= 15 is 0 Å². The van der Waals surface area contributed by atoms with Crippen molar-refractivity contribution >= 4 is 33.2 Å². The molecule has 4 nitrogen and oxygen atoms in total. The first-order valence-electron chi connectivity index (χ1n) is 6.04. The van der Waals surface area contributed by atoms with Gasteiger partial charge in [0.25, 0.3) is 0 Å². The van der Waals surface area contributed by atoms with Gasteiger partial charge in [0.2, 0.25) is 11.6 Å². The Hall–Kier alpha value is -2.34. The first-order valence-corrected chi connectivity index (χ1v) is 6.84. The van der Waals surface area contributed by atoms with Gasteiger partial charge in [0.05, 0.1) is 10.0 Å². The number of nitrogens with zero attached hydrogens (tertiary/aromatic N) is 1. The van der Waals surface area contributed by atoms with Crippen molar-refractivity contribution in [2.24, 2.45) is 0 Å². The molecule has 1 heterocycles. The molecule has 21 heavy (non-hydrogen) atoms. The summed E-state index contributed by atoms with van der Waals surface area (Å²) in [6, 6.07) is 8.65. The molecule has 0 atom stereocenters. The summed E-state index contributed by atoms with van der Waals surface area (Å²) in [5, 5.41) is 2.85. The van der Waals surface area contributed by atoms with Crippen molar-refractivity contribution in [3.63, 3.8) is 0 Å². The SMILES string of the molecule is O=C1C(Nc2ccc(F)cc2)=C(Br)C(=O)c2ncccc21. The molecule has 6 heteroatoms. The minimum atomic E-state index is -0.380. The highest BCUT2D eigenvalue weighted by molar-refractivity contribution is 9.12. The van der Waals surface area contributed by atoms with Gasteiger partial charge in [-0.05, 0) is 52.3 Å². The van der Waals surface area contributed by atoms with Crippen molar-refractivity contribution in [1.82, 2.24) is 4.98 Å². The summed E-state index contributed by atoms with van der Waals surface area (Å²) in [6.45, 7) is 0. The summed E-state index contributed by atoms with van der Waals surface area (Å²) in [5.41, 5.74) is 0.998. The predicted molar refractivity (Wildman–Crippen MR) is 78.9 cm³/mol. The van der Waals surface area contributed by atoms with E-state index in [9.17, 15) is 14.0 Å². The van der Waals surface area contributed by atoms with Gasteiger partial charge in [-0.2, -0.15) is 0 Å². The highest BCUT2D eigenvalue weighted by Gasteiger charge is 2.32. The van der Waals surface area contributed by atoms with E-state index in [1.807, 2.05) is 0 Å². The third-order valence-electron chi connectivity index (χ3n) is 3.03. The maximum Gasteiger partial charge on any atom is 0.221 e. The van der Waals surface area contributed by atoms with E-state index in [0.29, 0.717) is 5.69 Å². The average Bonchev–Trinajstić information content (AvgIpc) is 2.51. The molecule has 1 aromatic heterocycles. The Morgan fingerprint density at radius 3 is 2.48 bits per heavy atom. The fourth-order valence-electron chi connectivity index (χ4n) is 2.01. The summed E-state index contributed by atoms with van der Waals surface area (Å²) in [7, 11) is 0. The molecule has 0 spiro atoms. The zero-order valence-electron chi connectivity index (χ0n) is 10.6. The van der Waals surface area contributed by atoms with Crippen molar-refractivity contribution < 1.29 is 14.0 Å². The van der Waals surface area contributed by atoms with Gasteiger partial charge >= 0.3 is 0 Å². The van der Waals surface area contributed by atoms with Crippen LogP contribution in [0.1, 0.15) is 20.8 Å². The Labute approximate surface area is 127 Å². The minimum Gasteiger partial charge on any atom is -0.351 e. The van der Waals surface area contributed by atoms with Gasteiger partial charge in [0.1, 0.15) is 17.2 Å². The molecule has 1 aliphatic rings. The first-order chi connectivity index (χ1) is 10.1. The molecule has 0 bridgehead atoms. The third kappa shape index (κ3) is 2.38. The van der Waals surface area contributed by atoms with Gasteiger partial charge in [-0.15, -0.1) is 0 Å². The second-order valence-electron chi connectivity index (χ2n) is 4.38. The number of hydrogen-bond acceptors (Lipinski definition) is 4. The van der Waals surface area contributed by atoms with Gasteiger partial charge < -0.3 is 5.32 Å². The number of Topliss-reactive ketones (excluding diaryl/α,β-unsaturated/α-hetero) is 2. The van der Waals surface area contributed by atoms with Crippen LogP contribution in [-0.4, -0.2) is 16.6 Å². The van der Waals surface area contributed by atoms with Gasteiger partial charge in [0.15, 0.2) is 0 Å². The minimum absolute atomic E-state index is 0.114. The summed E-state index contributed by atoms with van der Waals surface area (Å²) in [5.74, 6) is -1.09. The monoisotopic (exact) mass is 346 g/mol. The Kier molecular flexibility index (Phi) is 3.39. The van der Waals surface area contributed by atoms with Crippen LogP contribution in [0, 0.1) is 5.82 Å². The van der Waals surface area contributed by atoms with E-state index < -0.39 is 0 Å². The fourth-order valence-corrected chi connectivity index (χ4v) is 2.48. The molecule has 3 rings (SSSR count). The van der Waals surface area contributed by atoms with Crippen LogP contribution in [-0.2, 0) is 0 Å². The van der Waals surface area contributed by atoms with E-state index in [1.165, 1.54) is 30.5 Å². The largest absolute Gasteiger partial charge is 0.351 e. The van der Waals surface area contributed by atoms with Crippen LogP contribution in [0.15, 0.2) is 52.8 Å². The van der Waals surface area contributed by atoms with E-state index in [-0.39, 0.29) is 38.8 Å². The molecule has 0 fully saturated rings. The van der Waals surface area contributed by atoms with Crippen molar-refractivity contribution in [3.05, 3.63) is 69.8 Å². The van der Waals surface area contributed by atoms with E-state index in [2.05, 4.69) is 26.2 Å². The molecule has 0 saturated heterocycles. The van der Waals surface area contributed by atoms with E-state index in [4.69, 9.17) is 0 Å². The number of ketones is 2. The zero-order valence-corrected chi connectivity index (χ0v) is 12.1. The van der Waals surface area contributed by atoms with Crippen LogP contribution in [0.5, 0.6) is 0 Å². The van der Waals surface area contributed by atoms with Crippen molar-refractivity contribution in [2.75, 3.05) is 5.32 Å². The molecule has 0 amide bonds. The second kappa shape index (κ2) is 5.21. The summed E-state index contributed by atoms with van der Waals surface area (Å²) < 4.78 is 13.0. The number of fused-ring (bicyclic) bond motifs is 1. The number of allylic oxidation sites excluding steroid dienone is 2. The van der Waals surface area contributed by atoms with Crippen LogP contribution in [0.4, 0.5) is 10.1 Å². The standard InChI is InChI=1S/C15H8BrFN2O2/c16-11-13(19-9-5-3-8(17)4-6-9)14(20)10-2-1-7-18-12(10)15(11)21/h1-7,19H. The third-order valence-corrected chi connectivity index (χ3v) is 3.78. The number of nitrogens with one attached hydrogen (secondary N) is 1. The number of pyridine rings is 1. The molecule has 2 aromatic rings. The van der Waals surface area contributed by atoms with Gasteiger partial charge in [-0.1, -0.05) is 0 Å². The van der Waals surface area contributed by atoms with E-state index in [0.717, 1.165) is 0 Å². The summed E-state index contributed by atoms with van der Waals surface area (Å²) in [4.78, 5) is 28.6. The lowest BCUT2D eigenvalue weighted by atomic mass is 9.97. The molecular formula is C15H8BrFN2O2. The first kappa shape index (κ1) is 13.6. The van der Waals surface area contributed by atoms with Crippen molar-refractivity contribution in [2.45, 2.75) is 0 Å². The Balaban J connectivity index is 2.02. The highest BCUT2D eigenvalue weighted by Crippen LogP contribution is 2.29. The maximum atomic E-state index is 12.9. The van der Waals surface area contributed by atoms with E-state index in [1.54, 1.807) is 12.1 Å². The van der Waals surface area contributed by atoms with Gasteiger partial charge in [-0.3, -0.25) is 14.6 Å². The number of rotatable bonds is 2. The van der Waals surface area contributed by atoms with Gasteiger partial charge in [-0.25, -0.2) is 4.39 Å². The molecule has 0 unspecified atom stereocenters. The van der Waals surface area contributed by atoms with Crippen LogP contribution in [0.25, 0.3) is 0 Å². The summed E-state index contributed by atoms with van der Waals surface area (Å²) >= 11 is 3.14. The smallest absolute Gasteiger partial charge is 0.221 e. The zero-order chi connectivity index (χ0) is 15.0. The molecular weight excluding hydrogens is 339 g/mol. The normalized spacial score (nSPS) is 14.2. The molecule has 1 N–H and O–H groups in total. The fraction of sp³-hybridized carbons (Fsp3) is 0. The Morgan fingerprint density at radius 2 is 1.76 bits per heavy atom.